The van der Waals surface area contributed by atoms with E-state index in [0.717, 1.165) is 0 Å². The maximum absolute atomic E-state index is 11.0. The maximum atomic E-state index is 11.0. The Bertz CT molecular complexity index is 141. The Kier molecular flexibility index (Phi) is 8.08. The summed E-state index contributed by atoms with van der Waals surface area (Å²) >= 11 is 5.63. The minimum absolute atomic E-state index is 0.0528. The summed E-state index contributed by atoms with van der Waals surface area (Å²) in [6, 6.07) is 0. The van der Waals surface area contributed by atoms with Gasteiger partial charge in [0.2, 0.25) is 5.91 Å². The maximum Gasteiger partial charge on any atom is 0.246 e. The third-order valence-electron chi connectivity index (χ3n) is 1.25. The number of hydrogen-bond acceptors (Lipinski definition) is 3. The highest BCUT2D eigenvalue weighted by molar-refractivity contribution is 6.20. The van der Waals surface area contributed by atoms with Gasteiger partial charge in [0.25, 0.3) is 0 Å². The number of nitrogens with one attached hydrogen (secondary N) is 1. The number of amides is 1. The monoisotopic (exact) mass is 209 g/mol. The Labute approximate surface area is 83.5 Å². The Hall–Kier alpha value is -0.320. The molecule has 0 radical (unpaired) electrons. The average Bonchev–Trinajstić information content (AvgIpc) is 2.09. The second kappa shape index (κ2) is 8.29. The number of hydrogen-bond donors (Lipinski definition) is 1. The molecule has 0 aromatic rings. The summed E-state index contributed by atoms with van der Waals surface area (Å²) in [6.45, 7) is 3.27. The summed E-state index contributed by atoms with van der Waals surface area (Å²) in [7, 11) is 1.58. The molecule has 0 aromatic carbocycles. The van der Waals surface area contributed by atoms with Crippen LogP contribution in [-0.4, -0.2) is 44.8 Å². The zero-order valence-electron chi connectivity index (χ0n) is 8.01. The summed E-state index contributed by atoms with van der Waals surface area (Å²) in [6.07, 6.45) is 0. The van der Waals surface area contributed by atoms with E-state index >= 15 is 0 Å². The van der Waals surface area contributed by atoms with Crippen LogP contribution in [0.1, 0.15) is 6.92 Å². The highest BCUT2D eigenvalue weighted by Gasteiger charge is 2.02. The third-order valence-corrected chi connectivity index (χ3v) is 1.40. The van der Waals surface area contributed by atoms with Gasteiger partial charge in [-0.05, 0) is 6.92 Å². The molecule has 0 bridgehead atoms. The van der Waals surface area contributed by atoms with Crippen LogP contribution in [0.5, 0.6) is 0 Å². The predicted octanol–water partition coefficient (Wildman–Crippen LogP) is 0.393. The van der Waals surface area contributed by atoms with Crippen molar-refractivity contribution in [3.05, 3.63) is 0 Å². The lowest BCUT2D eigenvalue weighted by Gasteiger charge is -2.06. The minimum atomic E-state index is -0.149. The number of halogens is 1. The Balaban J connectivity index is 3.20. The van der Waals surface area contributed by atoms with Crippen LogP contribution >= 0.6 is 11.6 Å². The van der Waals surface area contributed by atoms with Crippen molar-refractivity contribution in [3.63, 3.8) is 0 Å². The van der Waals surface area contributed by atoms with Crippen LogP contribution in [0.2, 0.25) is 0 Å². The molecule has 5 heteroatoms. The molecule has 0 spiro atoms. The van der Waals surface area contributed by atoms with Gasteiger partial charge in [-0.3, -0.25) is 4.79 Å². The molecule has 1 amide bonds. The molecule has 0 saturated carbocycles. The first-order chi connectivity index (χ1) is 6.16. The fourth-order valence-corrected chi connectivity index (χ4v) is 0.690. The molecule has 1 atom stereocenters. The van der Waals surface area contributed by atoms with E-state index in [-0.39, 0.29) is 17.9 Å². The molecule has 0 aliphatic heterocycles. The van der Waals surface area contributed by atoms with E-state index in [2.05, 4.69) is 5.32 Å². The third kappa shape index (κ3) is 9.60. The predicted molar refractivity (Wildman–Crippen MR) is 51.0 cm³/mol. The van der Waals surface area contributed by atoms with E-state index in [1.54, 1.807) is 7.11 Å². The first-order valence-corrected chi connectivity index (χ1v) is 4.58. The quantitative estimate of drug-likeness (QED) is 0.488. The van der Waals surface area contributed by atoms with Crippen molar-refractivity contribution in [2.75, 3.05) is 33.5 Å². The molecule has 0 aliphatic carbocycles. The fraction of sp³-hybridized carbons (Fsp3) is 0.875. The van der Waals surface area contributed by atoms with E-state index in [1.165, 1.54) is 0 Å². The number of carbonyl (C=O) groups excluding carboxylic acids is 1. The van der Waals surface area contributed by atoms with Crippen molar-refractivity contribution in [2.24, 2.45) is 0 Å². The van der Waals surface area contributed by atoms with Crippen molar-refractivity contribution >= 4 is 17.5 Å². The molecular formula is C8H16ClNO3. The van der Waals surface area contributed by atoms with E-state index < -0.39 is 0 Å². The van der Waals surface area contributed by atoms with Gasteiger partial charge < -0.3 is 14.8 Å². The molecule has 0 aliphatic rings. The van der Waals surface area contributed by atoms with Crippen LogP contribution in [0.15, 0.2) is 0 Å². The molecule has 1 N–H and O–H groups in total. The van der Waals surface area contributed by atoms with Gasteiger partial charge in [0.1, 0.15) is 6.61 Å². The summed E-state index contributed by atoms with van der Waals surface area (Å²) < 4.78 is 9.73. The second-order valence-electron chi connectivity index (χ2n) is 2.63. The van der Waals surface area contributed by atoms with Crippen LogP contribution in [-0.2, 0) is 14.3 Å². The van der Waals surface area contributed by atoms with Crippen LogP contribution in [0.25, 0.3) is 0 Å². The van der Waals surface area contributed by atoms with Crippen molar-refractivity contribution in [2.45, 2.75) is 12.3 Å². The highest BCUT2D eigenvalue weighted by atomic mass is 35.5. The van der Waals surface area contributed by atoms with Crippen molar-refractivity contribution in [3.8, 4) is 0 Å². The number of alkyl halides is 1. The van der Waals surface area contributed by atoms with Gasteiger partial charge >= 0.3 is 0 Å². The zero-order chi connectivity index (χ0) is 10.1. The molecular weight excluding hydrogens is 194 g/mol. The number of rotatable bonds is 7. The first-order valence-electron chi connectivity index (χ1n) is 4.14. The largest absolute Gasteiger partial charge is 0.382 e. The van der Waals surface area contributed by atoms with Gasteiger partial charge in [-0.2, -0.15) is 0 Å². The number of methoxy groups -OCH3 is 1. The molecule has 13 heavy (non-hydrogen) atoms. The van der Waals surface area contributed by atoms with Crippen LogP contribution in [0.4, 0.5) is 0 Å². The Morgan fingerprint density at radius 1 is 1.54 bits per heavy atom. The summed E-state index contributed by atoms with van der Waals surface area (Å²) in [5, 5.41) is 2.57. The molecule has 0 fully saturated rings. The summed E-state index contributed by atoms with van der Waals surface area (Å²) in [4.78, 5) is 11.0. The molecule has 0 rings (SSSR count). The van der Waals surface area contributed by atoms with Gasteiger partial charge in [-0.15, -0.1) is 11.6 Å². The van der Waals surface area contributed by atoms with Crippen LogP contribution in [0, 0.1) is 0 Å². The zero-order valence-corrected chi connectivity index (χ0v) is 8.76. The molecule has 0 saturated heterocycles. The highest BCUT2D eigenvalue weighted by Crippen LogP contribution is 1.89. The van der Waals surface area contributed by atoms with Crippen molar-refractivity contribution in [1.82, 2.24) is 5.32 Å². The SMILES string of the molecule is COCCOCC(=O)NCC(C)Cl. The van der Waals surface area contributed by atoms with E-state index in [0.29, 0.717) is 19.8 Å². The average molecular weight is 210 g/mol. The Morgan fingerprint density at radius 3 is 2.77 bits per heavy atom. The number of carbonyl (C=O) groups is 1. The Morgan fingerprint density at radius 2 is 2.23 bits per heavy atom. The standard InChI is InChI=1S/C8H16ClNO3/c1-7(9)5-10-8(11)6-13-4-3-12-2/h7H,3-6H2,1-2H3,(H,10,11). The van der Waals surface area contributed by atoms with E-state index in [4.69, 9.17) is 21.1 Å². The van der Waals surface area contributed by atoms with Gasteiger partial charge in [0.15, 0.2) is 0 Å². The van der Waals surface area contributed by atoms with Gasteiger partial charge in [0.05, 0.1) is 13.2 Å². The molecule has 78 valence electrons. The van der Waals surface area contributed by atoms with Crippen molar-refractivity contribution < 1.29 is 14.3 Å². The van der Waals surface area contributed by atoms with Crippen LogP contribution in [0.3, 0.4) is 0 Å². The first kappa shape index (κ1) is 12.7. The smallest absolute Gasteiger partial charge is 0.246 e. The normalized spacial score (nSPS) is 12.5. The molecule has 4 nitrogen and oxygen atoms in total. The van der Waals surface area contributed by atoms with Gasteiger partial charge in [0, 0.05) is 19.0 Å². The molecule has 1 unspecified atom stereocenters. The molecule has 0 heterocycles. The lowest BCUT2D eigenvalue weighted by Crippen LogP contribution is -2.32. The lowest BCUT2D eigenvalue weighted by molar-refractivity contribution is -0.126. The molecule has 0 aromatic heterocycles. The lowest BCUT2D eigenvalue weighted by atomic mass is 10.4. The summed E-state index contributed by atoms with van der Waals surface area (Å²) in [5.74, 6) is -0.149. The minimum Gasteiger partial charge on any atom is -0.382 e. The van der Waals surface area contributed by atoms with E-state index in [9.17, 15) is 4.79 Å². The van der Waals surface area contributed by atoms with Crippen LogP contribution < -0.4 is 5.32 Å². The van der Waals surface area contributed by atoms with Crippen molar-refractivity contribution in [1.29, 1.82) is 0 Å². The second-order valence-corrected chi connectivity index (χ2v) is 3.38. The van der Waals surface area contributed by atoms with Gasteiger partial charge in [-0.25, -0.2) is 0 Å². The fourth-order valence-electron chi connectivity index (χ4n) is 0.613. The number of ether oxygens (including phenoxy) is 2. The summed E-state index contributed by atoms with van der Waals surface area (Å²) in [5.41, 5.74) is 0. The topological polar surface area (TPSA) is 47.6 Å². The van der Waals surface area contributed by atoms with Gasteiger partial charge in [-0.1, -0.05) is 0 Å². The van der Waals surface area contributed by atoms with E-state index in [1.807, 2.05) is 6.92 Å².